The van der Waals surface area contributed by atoms with Crippen molar-refractivity contribution in [3.63, 3.8) is 0 Å². The van der Waals surface area contributed by atoms with Crippen molar-refractivity contribution in [1.82, 2.24) is 0 Å². The fourth-order valence-corrected chi connectivity index (χ4v) is 1.56. The second-order valence-corrected chi connectivity index (χ2v) is 3.78. The summed E-state index contributed by atoms with van der Waals surface area (Å²) in [7, 11) is 0. The number of rotatable bonds is 4. The van der Waals surface area contributed by atoms with E-state index < -0.39 is 17.7 Å². The van der Waals surface area contributed by atoms with Crippen molar-refractivity contribution in [2.24, 2.45) is 0 Å². The van der Waals surface area contributed by atoms with Gasteiger partial charge in [0.25, 0.3) is 0 Å². The van der Waals surface area contributed by atoms with Crippen LogP contribution in [0.3, 0.4) is 0 Å². The Kier molecular flexibility index (Phi) is 4.15. The molecule has 0 spiro atoms. The molecule has 0 aromatic heterocycles. The van der Waals surface area contributed by atoms with E-state index in [-0.39, 0.29) is 11.1 Å². The lowest BCUT2D eigenvalue weighted by atomic mass is 9.99. The minimum absolute atomic E-state index is 0.157. The highest BCUT2D eigenvalue weighted by atomic mass is 19.4. The van der Waals surface area contributed by atoms with Crippen molar-refractivity contribution in [3.05, 3.63) is 34.9 Å². The van der Waals surface area contributed by atoms with Crippen LogP contribution in [0.4, 0.5) is 13.2 Å². The number of carboxylic acid groups (broad SMARTS) is 1. The molecule has 0 aliphatic carbocycles. The zero-order valence-corrected chi connectivity index (χ0v) is 9.34. The predicted molar refractivity (Wildman–Crippen MR) is 57.0 cm³/mol. The molecule has 0 aliphatic heterocycles. The number of unbranched alkanes of at least 4 members (excludes halogenated alkanes) is 1. The largest absolute Gasteiger partial charge is 0.478 e. The van der Waals surface area contributed by atoms with Gasteiger partial charge in [-0.25, -0.2) is 4.79 Å². The summed E-state index contributed by atoms with van der Waals surface area (Å²) >= 11 is 0. The summed E-state index contributed by atoms with van der Waals surface area (Å²) in [5.41, 5.74) is -1.02. The molecule has 0 saturated heterocycles. The van der Waals surface area contributed by atoms with E-state index in [0.29, 0.717) is 18.9 Å². The van der Waals surface area contributed by atoms with Crippen LogP contribution in [0.2, 0.25) is 0 Å². The fraction of sp³-hybridized carbons (Fsp3) is 0.417. The molecule has 0 heterocycles. The average Bonchev–Trinajstić information content (AvgIpc) is 2.24. The van der Waals surface area contributed by atoms with Gasteiger partial charge >= 0.3 is 12.1 Å². The van der Waals surface area contributed by atoms with Crippen molar-refractivity contribution < 1.29 is 23.1 Å². The molecule has 1 aromatic carbocycles. The molecule has 0 bridgehead atoms. The van der Waals surface area contributed by atoms with Gasteiger partial charge in [-0.1, -0.05) is 19.4 Å². The second-order valence-electron chi connectivity index (χ2n) is 3.78. The highest BCUT2D eigenvalue weighted by molar-refractivity contribution is 5.88. The van der Waals surface area contributed by atoms with Gasteiger partial charge in [-0.05, 0) is 30.5 Å². The molecule has 0 saturated carbocycles. The highest BCUT2D eigenvalue weighted by Gasteiger charge is 2.33. The predicted octanol–water partition coefficient (Wildman–Crippen LogP) is 3.75. The smallest absolute Gasteiger partial charge is 0.416 e. The number of halogens is 3. The Labute approximate surface area is 97.1 Å². The van der Waals surface area contributed by atoms with E-state index in [1.54, 1.807) is 0 Å². The zero-order valence-electron chi connectivity index (χ0n) is 9.34. The van der Waals surface area contributed by atoms with E-state index in [1.807, 2.05) is 6.92 Å². The quantitative estimate of drug-likeness (QED) is 0.878. The number of hydrogen-bond acceptors (Lipinski definition) is 1. The molecule has 0 fully saturated rings. The van der Waals surface area contributed by atoms with E-state index in [9.17, 15) is 18.0 Å². The number of aryl methyl sites for hydroxylation is 1. The first-order chi connectivity index (χ1) is 7.86. The Morgan fingerprint density at radius 1 is 1.35 bits per heavy atom. The molecule has 1 aromatic rings. The van der Waals surface area contributed by atoms with Gasteiger partial charge in [0.2, 0.25) is 0 Å². The SMILES string of the molecule is CCCCc1ccc(C(=O)O)cc1C(F)(F)F. The molecular formula is C12H13F3O2. The van der Waals surface area contributed by atoms with E-state index in [0.717, 1.165) is 6.42 Å². The van der Waals surface area contributed by atoms with Crippen LogP contribution in [0.5, 0.6) is 0 Å². The minimum atomic E-state index is -4.51. The Morgan fingerprint density at radius 2 is 2.00 bits per heavy atom. The maximum atomic E-state index is 12.7. The Morgan fingerprint density at radius 3 is 2.47 bits per heavy atom. The highest BCUT2D eigenvalue weighted by Crippen LogP contribution is 2.33. The molecule has 0 aliphatic rings. The lowest BCUT2D eigenvalue weighted by Crippen LogP contribution is -2.11. The van der Waals surface area contributed by atoms with Gasteiger partial charge < -0.3 is 5.11 Å². The van der Waals surface area contributed by atoms with Crippen molar-refractivity contribution in [2.45, 2.75) is 32.4 Å². The minimum Gasteiger partial charge on any atom is -0.478 e. The summed E-state index contributed by atoms with van der Waals surface area (Å²) < 4.78 is 38.2. The molecule has 1 N–H and O–H groups in total. The molecular weight excluding hydrogens is 233 g/mol. The number of benzene rings is 1. The number of carboxylic acids is 1. The Balaban J connectivity index is 3.17. The van der Waals surface area contributed by atoms with Crippen LogP contribution >= 0.6 is 0 Å². The number of hydrogen-bond donors (Lipinski definition) is 1. The molecule has 1 rings (SSSR count). The maximum absolute atomic E-state index is 12.7. The van der Waals surface area contributed by atoms with Crippen LogP contribution in [0.1, 0.15) is 41.3 Å². The first kappa shape index (κ1) is 13.5. The monoisotopic (exact) mass is 246 g/mol. The lowest BCUT2D eigenvalue weighted by molar-refractivity contribution is -0.138. The zero-order chi connectivity index (χ0) is 13.1. The summed E-state index contributed by atoms with van der Waals surface area (Å²) in [5, 5.41) is 8.67. The van der Waals surface area contributed by atoms with Crippen molar-refractivity contribution in [1.29, 1.82) is 0 Å². The number of alkyl halides is 3. The Hall–Kier alpha value is -1.52. The molecule has 0 amide bonds. The van der Waals surface area contributed by atoms with Crippen LogP contribution in [0.15, 0.2) is 18.2 Å². The molecule has 2 nitrogen and oxygen atoms in total. The normalized spacial score (nSPS) is 11.5. The molecule has 5 heteroatoms. The summed E-state index contributed by atoms with van der Waals surface area (Å²) in [6, 6.07) is 3.16. The van der Waals surface area contributed by atoms with Crippen LogP contribution in [0, 0.1) is 0 Å². The van der Waals surface area contributed by atoms with Crippen molar-refractivity contribution in [2.75, 3.05) is 0 Å². The van der Waals surface area contributed by atoms with Gasteiger partial charge in [-0.15, -0.1) is 0 Å². The van der Waals surface area contributed by atoms with E-state index in [4.69, 9.17) is 5.11 Å². The first-order valence-electron chi connectivity index (χ1n) is 5.29. The summed E-state index contributed by atoms with van der Waals surface area (Å²) in [4.78, 5) is 10.6. The van der Waals surface area contributed by atoms with Gasteiger partial charge in [0.1, 0.15) is 0 Å². The van der Waals surface area contributed by atoms with Crippen molar-refractivity contribution >= 4 is 5.97 Å². The standard InChI is InChI=1S/C12H13F3O2/c1-2-3-4-8-5-6-9(11(16)17)7-10(8)12(13,14)15/h5-7H,2-4H2,1H3,(H,16,17). The maximum Gasteiger partial charge on any atom is 0.416 e. The lowest BCUT2D eigenvalue weighted by Gasteiger charge is -2.13. The van der Waals surface area contributed by atoms with Crippen LogP contribution in [-0.4, -0.2) is 11.1 Å². The molecule has 0 radical (unpaired) electrons. The topological polar surface area (TPSA) is 37.3 Å². The van der Waals surface area contributed by atoms with Gasteiger partial charge in [0, 0.05) is 0 Å². The van der Waals surface area contributed by atoms with Crippen molar-refractivity contribution in [3.8, 4) is 0 Å². The fourth-order valence-electron chi connectivity index (χ4n) is 1.56. The van der Waals surface area contributed by atoms with Gasteiger partial charge in [-0.3, -0.25) is 0 Å². The first-order valence-corrected chi connectivity index (χ1v) is 5.29. The van der Waals surface area contributed by atoms with Crippen LogP contribution in [-0.2, 0) is 12.6 Å². The van der Waals surface area contributed by atoms with E-state index in [2.05, 4.69) is 0 Å². The number of aromatic carboxylic acids is 1. The second kappa shape index (κ2) is 5.21. The molecule has 94 valence electrons. The molecule has 0 unspecified atom stereocenters. The summed E-state index contributed by atoms with van der Waals surface area (Å²) in [6.45, 7) is 1.89. The van der Waals surface area contributed by atoms with Crippen LogP contribution in [0.25, 0.3) is 0 Å². The molecule has 0 atom stereocenters. The van der Waals surface area contributed by atoms with Gasteiger partial charge in [-0.2, -0.15) is 13.2 Å². The summed E-state index contributed by atoms with van der Waals surface area (Å²) in [5.74, 6) is -1.35. The number of carbonyl (C=O) groups is 1. The van der Waals surface area contributed by atoms with Crippen LogP contribution < -0.4 is 0 Å². The van der Waals surface area contributed by atoms with E-state index >= 15 is 0 Å². The third-order valence-corrected chi connectivity index (χ3v) is 2.46. The summed E-state index contributed by atoms with van der Waals surface area (Å²) in [6.07, 6.45) is -2.76. The average molecular weight is 246 g/mol. The van der Waals surface area contributed by atoms with Gasteiger partial charge in [0.05, 0.1) is 11.1 Å². The third-order valence-electron chi connectivity index (χ3n) is 2.46. The van der Waals surface area contributed by atoms with Gasteiger partial charge in [0.15, 0.2) is 0 Å². The van der Waals surface area contributed by atoms with E-state index in [1.165, 1.54) is 12.1 Å². The Bertz CT molecular complexity index is 411. The molecule has 17 heavy (non-hydrogen) atoms. The third kappa shape index (κ3) is 3.47.